The Bertz CT molecular complexity index is 270. The van der Waals surface area contributed by atoms with Gasteiger partial charge in [0.1, 0.15) is 0 Å². The Labute approximate surface area is 132 Å². The number of hydrogen-bond acceptors (Lipinski definition) is 3. The van der Waals surface area contributed by atoms with E-state index in [1.165, 1.54) is 58.2 Å². The summed E-state index contributed by atoms with van der Waals surface area (Å²) in [5.41, 5.74) is -0.111. The van der Waals surface area contributed by atoms with E-state index in [4.69, 9.17) is 0 Å². The van der Waals surface area contributed by atoms with Crippen molar-refractivity contribution >= 4 is 0 Å². The first-order chi connectivity index (χ1) is 9.99. The first kappa shape index (κ1) is 18.9. The quantitative estimate of drug-likeness (QED) is 0.640. The molecule has 3 nitrogen and oxygen atoms in total. The molecule has 3 heteroatoms. The van der Waals surface area contributed by atoms with Crippen molar-refractivity contribution in [2.24, 2.45) is 5.92 Å². The van der Waals surface area contributed by atoms with Crippen LogP contribution in [0.5, 0.6) is 0 Å². The largest absolute Gasteiger partial charge is 0.394 e. The Morgan fingerprint density at radius 3 is 2.62 bits per heavy atom. The van der Waals surface area contributed by atoms with E-state index in [1.54, 1.807) is 0 Å². The zero-order valence-electron chi connectivity index (χ0n) is 14.8. The summed E-state index contributed by atoms with van der Waals surface area (Å²) < 4.78 is 0. The van der Waals surface area contributed by atoms with Gasteiger partial charge in [-0.3, -0.25) is 0 Å². The van der Waals surface area contributed by atoms with E-state index in [-0.39, 0.29) is 12.1 Å². The highest BCUT2D eigenvalue weighted by molar-refractivity contribution is 4.83. The normalized spacial score (nSPS) is 24.0. The molecule has 2 unspecified atom stereocenters. The van der Waals surface area contributed by atoms with Crippen molar-refractivity contribution in [2.75, 3.05) is 26.2 Å². The molecule has 0 bridgehead atoms. The monoisotopic (exact) mass is 298 g/mol. The minimum Gasteiger partial charge on any atom is -0.394 e. The topological polar surface area (TPSA) is 35.5 Å². The van der Waals surface area contributed by atoms with Gasteiger partial charge in [0, 0.05) is 11.6 Å². The van der Waals surface area contributed by atoms with Gasteiger partial charge in [-0.2, -0.15) is 0 Å². The molecule has 0 spiro atoms. The van der Waals surface area contributed by atoms with Gasteiger partial charge in [0.2, 0.25) is 0 Å². The van der Waals surface area contributed by atoms with E-state index in [1.807, 2.05) is 0 Å². The van der Waals surface area contributed by atoms with Crippen LogP contribution in [-0.2, 0) is 0 Å². The number of rotatable bonds is 9. The molecule has 1 aliphatic rings. The summed E-state index contributed by atoms with van der Waals surface area (Å²) in [5, 5.41) is 13.1. The number of unbranched alkanes of at least 4 members (excludes halogenated alkanes) is 1. The average Bonchev–Trinajstić information content (AvgIpc) is 2.68. The zero-order chi connectivity index (χ0) is 15.7. The molecule has 0 amide bonds. The van der Waals surface area contributed by atoms with Gasteiger partial charge in [-0.15, -0.1) is 0 Å². The van der Waals surface area contributed by atoms with Crippen LogP contribution in [-0.4, -0.2) is 47.8 Å². The molecule has 0 aromatic carbocycles. The maximum Gasteiger partial charge on any atom is 0.0610 e. The van der Waals surface area contributed by atoms with Gasteiger partial charge >= 0.3 is 0 Å². The lowest BCUT2D eigenvalue weighted by Crippen LogP contribution is -2.49. The second-order valence-corrected chi connectivity index (χ2v) is 7.52. The molecule has 21 heavy (non-hydrogen) atoms. The molecule has 1 fully saturated rings. The predicted molar refractivity (Wildman–Crippen MR) is 91.7 cm³/mol. The van der Waals surface area contributed by atoms with E-state index >= 15 is 0 Å². The Morgan fingerprint density at radius 1 is 1.24 bits per heavy atom. The fourth-order valence-corrected chi connectivity index (χ4v) is 3.60. The summed E-state index contributed by atoms with van der Waals surface area (Å²) >= 11 is 0. The summed E-state index contributed by atoms with van der Waals surface area (Å²) in [6.07, 6.45) is 9.06. The Kier molecular flexibility index (Phi) is 8.84. The third kappa shape index (κ3) is 7.62. The van der Waals surface area contributed by atoms with Gasteiger partial charge in [0.25, 0.3) is 0 Å². The Hall–Kier alpha value is -0.120. The zero-order valence-corrected chi connectivity index (χ0v) is 14.8. The van der Waals surface area contributed by atoms with E-state index < -0.39 is 0 Å². The van der Waals surface area contributed by atoms with Crippen LogP contribution in [0.3, 0.4) is 0 Å². The highest BCUT2D eigenvalue weighted by atomic mass is 16.3. The van der Waals surface area contributed by atoms with Crippen LogP contribution < -0.4 is 5.32 Å². The highest BCUT2D eigenvalue weighted by Crippen LogP contribution is 2.21. The summed E-state index contributed by atoms with van der Waals surface area (Å²) in [5.74, 6) is 0.961. The van der Waals surface area contributed by atoms with Crippen molar-refractivity contribution < 1.29 is 5.11 Å². The molecule has 1 aliphatic heterocycles. The van der Waals surface area contributed by atoms with Gasteiger partial charge in [0.05, 0.1) is 6.61 Å². The molecule has 1 heterocycles. The van der Waals surface area contributed by atoms with Crippen LogP contribution in [0, 0.1) is 5.92 Å². The van der Waals surface area contributed by atoms with Crippen LogP contribution >= 0.6 is 0 Å². The minimum atomic E-state index is -0.111. The van der Waals surface area contributed by atoms with Crippen molar-refractivity contribution in [2.45, 2.75) is 84.2 Å². The fourth-order valence-electron chi connectivity index (χ4n) is 3.60. The first-order valence-electron chi connectivity index (χ1n) is 9.10. The van der Waals surface area contributed by atoms with Gasteiger partial charge in [-0.05, 0) is 64.6 Å². The van der Waals surface area contributed by atoms with E-state index in [0.29, 0.717) is 6.04 Å². The fraction of sp³-hybridized carbons (Fsp3) is 1.00. The average molecular weight is 299 g/mol. The summed E-state index contributed by atoms with van der Waals surface area (Å²) in [7, 11) is 0. The number of hydrogen-bond donors (Lipinski definition) is 2. The molecule has 0 radical (unpaired) electrons. The molecule has 2 N–H and O–H groups in total. The SMILES string of the molecule is CCC1CCCN(CCCCC(C)(CO)NC(C)C)CC1. The third-order valence-electron chi connectivity index (χ3n) is 4.96. The van der Waals surface area contributed by atoms with Crippen molar-refractivity contribution in [1.29, 1.82) is 0 Å². The maximum absolute atomic E-state index is 9.60. The van der Waals surface area contributed by atoms with Crippen molar-refractivity contribution in [3.63, 3.8) is 0 Å². The number of aliphatic hydroxyl groups excluding tert-OH is 1. The number of aliphatic hydroxyl groups is 1. The lowest BCUT2D eigenvalue weighted by Gasteiger charge is -2.31. The second-order valence-electron chi connectivity index (χ2n) is 7.52. The van der Waals surface area contributed by atoms with Crippen LogP contribution in [0.2, 0.25) is 0 Å². The minimum absolute atomic E-state index is 0.111. The smallest absolute Gasteiger partial charge is 0.0610 e. The predicted octanol–water partition coefficient (Wildman–Crippen LogP) is 3.42. The van der Waals surface area contributed by atoms with Crippen LogP contribution in [0.15, 0.2) is 0 Å². The van der Waals surface area contributed by atoms with Crippen LogP contribution in [0.4, 0.5) is 0 Å². The Balaban J connectivity index is 2.20. The first-order valence-corrected chi connectivity index (χ1v) is 9.10. The highest BCUT2D eigenvalue weighted by Gasteiger charge is 2.23. The Morgan fingerprint density at radius 2 is 2.00 bits per heavy atom. The third-order valence-corrected chi connectivity index (χ3v) is 4.96. The molecule has 2 atom stereocenters. The van der Waals surface area contributed by atoms with Gasteiger partial charge < -0.3 is 15.3 Å². The molecule has 1 rings (SSSR count). The van der Waals surface area contributed by atoms with E-state index in [9.17, 15) is 5.11 Å². The summed E-state index contributed by atoms with van der Waals surface area (Å²) in [6.45, 7) is 12.8. The molecular formula is C18H38N2O. The number of likely N-dealkylation sites (tertiary alicyclic amines) is 1. The second kappa shape index (κ2) is 9.81. The van der Waals surface area contributed by atoms with Crippen molar-refractivity contribution in [3.8, 4) is 0 Å². The number of nitrogens with one attached hydrogen (secondary N) is 1. The molecule has 0 saturated carbocycles. The lowest BCUT2D eigenvalue weighted by atomic mass is 9.94. The number of nitrogens with zero attached hydrogens (tertiary/aromatic N) is 1. The molecule has 1 saturated heterocycles. The van der Waals surface area contributed by atoms with Gasteiger partial charge in [0.15, 0.2) is 0 Å². The van der Waals surface area contributed by atoms with Gasteiger partial charge in [-0.25, -0.2) is 0 Å². The standard InChI is InChI=1S/C18H38N2O/c1-5-17-9-8-13-20(14-10-17)12-7-6-11-18(4,15-21)19-16(2)3/h16-17,19,21H,5-15H2,1-4H3. The van der Waals surface area contributed by atoms with Gasteiger partial charge in [-0.1, -0.05) is 33.6 Å². The molecule has 126 valence electrons. The lowest BCUT2D eigenvalue weighted by molar-refractivity contribution is 0.152. The molecular weight excluding hydrogens is 260 g/mol. The van der Waals surface area contributed by atoms with E-state index in [2.05, 4.69) is 37.9 Å². The molecule has 0 aromatic rings. The van der Waals surface area contributed by atoms with E-state index in [0.717, 1.165) is 12.3 Å². The molecule has 0 aliphatic carbocycles. The summed E-state index contributed by atoms with van der Waals surface area (Å²) in [6, 6.07) is 0.429. The summed E-state index contributed by atoms with van der Waals surface area (Å²) in [4.78, 5) is 2.65. The van der Waals surface area contributed by atoms with Crippen molar-refractivity contribution in [3.05, 3.63) is 0 Å². The van der Waals surface area contributed by atoms with Crippen molar-refractivity contribution in [1.82, 2.24) is 10.2 Å². The van der Waals surface area contributed by atoms with Crippen LogP contribution in [0.1, 0.15) is 72.6 Å². The molecule has 0 aromatic heterocycles. The maximum atomic E-state index is 9.60. The van der Waals surface area contributed by atoms with Crippen LogP contribution in [0.25, 0.3) is 0 Å².